The third-order valence-corrected chi connectivity index (χ3v) is 2.39. The van der Waals surface area contributed by atoms with Gasteiger partial charge in [-0.3, -0.25) is 4.79 Å². The van der Waals surface area contributed by atoms with E-state index in [0.717, 1.165) is 17.2 Å². The first-order chi connectivity index (χ1) is 9.40. The van der Waals surface area contributed by atoms with Gasteiger partial charge in [0.2, 0.25) is 0 Å². The largest absolute Gasteiger partial charge is 0.359 e. The molecule has 0 bridgehead atoms. The van der Waals surface area contributed by atoms with Gasteiger partial charge in [-0.15, -0.1) is 0 Å². The summed E-state index contributed by atoms with van der Waals surface area (Å²) in [7, 11) is 0. The summed E-state index contributed by atoms with van der Waals surface area (Å²) in [5, 5.41) is 3.87. The Bertz CT molecular complexity index is 579. The van der Waals surface area contributed by atoms with Crippen molar-refractivity contribution in [1.82, 2.24) is 15.3 Å². The second-order valence-corrected chi connectivity index (χ2v) is 3.71. The van der Waals surface area contributed by atoms with Gasteiger partial charge in [0, 0.05) is 17.8 Å². The van der Waals surface area contributed by atoms with Gasteiger partial charge in [0.25, 0.3) is 0 Å². The van der Waals surface area contributed by atoms with Crippen molar-refractivity contribution < 1.29 is 4.79 Å². The molecule has 0 fully saturated rings. The SMILES string of the molecule is O=CC1=CC=CC=CN1.c1ccc2ncncc2c1. The number of fused-ring (bicyclic) bond motifs is 1. The molecule has 0 atom stereocenters. The van der Waals surface area contributed by atoms with Crippen molar-refractivity contribution in [2.75, 3.05) is 0 Å². The predicted molar refractivity (Wildman–Crippen MR) is 75.1 cm³/mol. The van der Waals surface area contributed by atoms with Gasteiger partial charge >= 0.3 is 0 Å². The number of carbonyl (C=O) groups is 1. The van der Waals surface area contributed by atoms with Gasteiger partial charge in [-0.05, 0) is 18.2 Å². The zero-order valence-electron chi connectivity index (χ0n) is 10.2. The van der Waals surface area contributed by atoms with E-state index >= 15 is 0 Å². The Morgan fingerprint density at radius 1 is 1.11 bits per heavy atom. The normalized spacial score (nSPS) is 12.7. The third kappa shape index (κ3) is 3.89. The van der Waals surface area contributed by atoms with Crippen molar-refractivity contribution in [3.05, 3.63) is 73.0 Å². The van der Waals surface area contributed by atoms with Crippen LogP contribution in [0.2, 0.25) is 0 Å². The van der Waals surface area contributed by atoms with Crippen molar-refractivity contribution in [3.8, 4) is 0 Å². The van der Waals surface area contributed by atoms with Crippen LogP contribution in [0.5, 0.6) is 0 Å². The number of benzene rings is 1. The van der Waals surface area contributed by atoms with E-state index in [1.54, 1.807) is 24.7 Å². The van der Waals surface area contributed by atoms with E-state index in [1.807, 2.05) is 42.6 Å². The van der Waals surface area contributed by atoms with E-state index in [9.17, 15) is 4.79 Å². The van der Waals surface area contributed by atoms with Crippen molar-refractivity contribution in [2.24, 2.45) is 0 Å². The topological polar surface area (TPSA) is 54.9 Å². The lowest BCUT2D eigenvalue weighted by molar-refractivity contribution is -0.105. The van der Waals surface area contributed by atoms with Gasteiger partial charge in [-0.2, -0.15) is 0 Å². The molecule has 0 aliphatic carbocycles. The highest BCUT2D eigenvalue weighted by Gasteiger charge is 1.88. The highest BCUT2D eigenvalue weighted by atomic mass is 16.1. The van der Waals surface area contributed by atoms with Gasteiger partial charge in [-0.25, -0.2) is 9.97 Å². The zero-order chi connectivity index (χ0) is 13.3. The maximum Gasteiger partial charge on any atom is 0.166 e. The molecule has 1 N–H and O–H groups in total. The number of rotatable bonds is 1. The predicted octanol–water partition coefficient (Wildman–Crippen LogP) is 2.37. The summed E-state index contributed by atoms with van der Waals surface area (Å²) < 4.78 is 0. The van der Waals surface area contributed by atoms with E-state index in [0.29, 0.717) is 5.70 Å². The molecule has 0 spiro atoms. The maximum atomic E-state index is 10.1. The number of nitrogens with zero attached hydrogens (tertiary/aromatic N) is 2. The minimum atomic E-state index is 0.583. The van der Waals surface area contributed by atoms with Crippen molar-refractivity contribution >= 4 is 17.2 Å². The molecular formula is C15H13N3O. The van der Waals surface area contributed by atoms with Gasteiger partial charge in [0.15, 0.2) is 6.29 Å². The molecule has 2 aromatic rings. The second kappa shape index (κ2) is 6.86. The van der Waals surface area contributed by atoms with Gasteiger partial charge < -0.3 is 5.32 Å². The molecule has 2 heterocycles. The molecule has 0 unspecified atom stereocenters. The fourth-order valence-electron chi connectivity index (χ4n) is 1.47. The van der Waals surface area contributed by atoms with E-state index in [2.05, 4.69) is 15.3 Å². The fourth-order valence-corrected chi connectivity index (χ4v) is 1.47. The Morgan fingerprint density at radius 3 is 2.84 bits per heavy atom. The second-order valence-electron chi connectivity index (χ2n) is 3.71. The monoisotopic (exact) mass is 251 g/mol. The van der Waals surface area contributed by atoms with E-state index in [-0.39, 0.29) is 0 Å². The zero-order valence-corrected chi connectivity index (χ0v) is 10.2. The molecule has 1 aromatic heterocycles. The van der Waals surface area contributed by atoms with Crippen LogP contribution < -0.4 is 5.32 Å². The summed E-state index contributed by atoms with van der Waals surface area (Å²) in [4.78, 5) is 18.1. The molecule has 0 radical (unpaired) electrons. The summed E-state index contributed by atoms with van der Waals surface area (Å²) in [6.07, 6.45) is 13.1. The lowest BCUT2D eigenvalue weighted by atomic mass is 10.2. The first-order valence-corrected chi connectivity index (χ1v) is 5.80. The summed E-state index contributed by atoms with van der Waals surface area (Å²) in [6.45, 7) is 0. The first kappa shape index (κ1) is 12.7. The number of aldehydes is 1. The average molecular weight is 251 g/mol. The molecule has 0 amide bonds. The van der Waals surface area contributed by atoms with Crippen LogP contribution in [0.4, 0.5) is 0 Å². The number of hydrogen-bond acceptors (Lipinski definition) is 4. The average Bonchev–Trinajstić information content (AvgIpc) is 2.77. The number of carbonyl (C=O) groups excluding carboxylic acids is 1. The Hall–Kier alpha value is -2.75. The minimum Gasteiger partial charge on any atom is -0.359 e. The van der Waals surface area contributed by atoms with Crippen LogP contribution in [0.25, 0.3) is 10.9 Å². The molecule has 0 saturated carbocycles. The summed E-state index contributed by atoms with van der Waals surface area (Å²) >= 11 is 0. The van der Waals surface area contributed by atoms with Crippen LogP contribution in [-0.2, 0) is 4.79 Å². The van der Waals surface area contributed by atoms with Gasteiger partial charge in [0.05, 0.1) is 11.2 Å². The number of hydrogen-bond donors (Lipinski definition) is 1. The van der Waals surface area contributed by atoms with Crippen LogP contribution in [0.1, 0.15) is 0 Å². The van der Waals surface area contributed by atoms with Crippen LogP contribution >= 0.6 is 0 Å². The summed E-state index contributed by atoms with van der Waals surface area (Å²) in [6, 6.07) is 7.91. The quantitative estimate of drug-likeness (QED) is 0.790. The Kier molecular flexibility index (Phi) is 4.58. The minimum absolute atomic E-state index is 0.583. The number of nitrogens with one attached hydrogen (secondary N) is 1. The van der Waals surface area contributed by atoms with Crippen LogP contribution in [-0.4, -0.2) is 16.3 Å². The van der Waals surface area contributed by atoms with Gasteiger partial charge in [-0.1, -0.05) is 30.4 Å². The lowest BCUT2D eigenvalue weighted by Crippen LogP contribution is -2.03. The molecule has 1 aliphatic rings. The summed E-state index contributed by atoms with van der Waals surface area (Å²) in [5.41, 5.74) is 1.58. The number of allylic oxidation sites excluding steroid dienone is 5. The molecule has 3 rings (SSSR count). The molecule has 1 aliphatic heterocycles. The third-order valence-electron chi connectivity index (χ3n) is 2.39. The molecule has 4 nitrogen and oxygen atoms in total. The molecule has 1 aromatic carbocycles. The van der Waals surface area contributed by atoms with Crippen LogP contribution in [0.3, 0.4) is 0 Å². The first-order valence-electron chi connectivity index (χ1n) is 5.80. The van der Waals surface area contributed by atoms with Crippen LogP contribution in [0, 0.1) is 0 Å². The summed E-state index contributed by atoms with van der Waals surface area (Å²) in [5.74, 6) is 0. The maximum absolute atomic E-state index is 10.1. The van der Waals surface area contributed by atoms with E-state index in [4.69, 9.17) is 0 Å². The molecular weight excluding hydrogens is 238 g/mol. The molecule has 0 saturated heterocycles. The lowest BCUT2D eigenvalue weighted by Gasteiger charge is -1.91. The Morgan fingerprint density at radius 2 is 2.00 bits per heavy atom. The van der Waals surface area contributed by atoms with Crippen molar-refractivity contribution in [1.29, 1.82) is 0 Å². The van der Waals surface area contributed by atoms with Crippen LogP contribution in [0.15, 0.2) is 73.0 Å². The number of aromatic nitrogens is 2. The van der Waals surface area contributed by atoms with E-state index < -0.39 is 0 Å². The smallest absolute Gasteiger partial charge is 0.166 e. The molecule has 19 heavy (non-hydrogen) atoms. The van der Waals surface area contributed by atoms with Crippen molar-refractivity contribution in [3.63, 3.8) is 0 Å². The standard InChI is InChI=1S/C8H6N2.C7H7NO/c1-2-4-8-7(3-1)5-9-6-10-8;9-6-7-4-2-1-3-5-8-7/h1-6H;1-6,8H. The number of para-hydroxylation sites is 1. The molecule has 4 heteroatoms. The molecule has 94 valence electrons. The highest BCUT2D eigenvalue weighted by Crippen LogP contribution is 2.06. The van der Waals surface area contributed by atoms with Crippen molar-refractivity contribution in [2.45, 2.75) is 0 Å². The Balaban J connectivity index is 0.000000141. The Labute approximate surface area is 111 Å². The highest BCUT2D eigenvalue weighted by molar-refractivity contribution is 5.76. The fraction of sp³-hybridized carbons (Fsp3) is 0. The van der Waals surface area contributed by atoms with E-state index in [1.165, 1.54) is 0 Å². The van der Waals surface area contributed by atoms with Gasteiger partial charge in [0.1, 0.15) is 6.33 Å².